The molecule has 2 aliphatic rings. The average molecular weight is 1880 g/mol. The van der Waals surface area contributed by atoms with E-state index in [1.165, 1.54) is 17.4 Å². The van der Waals surface area contributed by atoms with Crippen LogP contribution < -0.4 is 81.2 Å². The van der Waals surface area contributed by atoms with Gasteiger partial charge in [0.05, 0.1) is 39.1 Å². The van der Waals surface area contributed by atoms with Crippen molar-refractivity contribution in [2.45, 2.75) is 125 Å². The van der Waals surface area contributed by atoms with Crippen molar-refractivity contribution in [2.75, 3.05) is 105 Å². The molecule has 44 nitrogen and oxygen atoms in total. The van der Waals surface area contributed by atoms with Crippen LogP contribution in [0.2, 0.25) is 0 Å². The Morgan fingerprint density at radius 2 is 0.860 bits per heavy atom. The Hall–Kier alpha value is -15.3. The predicted molar refractivity (Wildman–Crippen MR) is 497 cm³/mol. The lowest BCUT2D eigenvalue weighted by molar-refractivity contribution is -0.142. The first-order valence-corrected chi connectivity index (χ1v) is 44.4. The Bertz CT molecular complexity index is 5460. The van der Waals surface area contributed by atoms with Crippen LogP contribution in [0.5, 0.6) is 0 Å². The Balaban J connectivity index is 0.902. The normalized spacial score (nSPS) is 15.8. The maximum atomic E-state index is 15.5. The summed E-state index contributed by atoms with van der Waals surface area (Å²) in [5.74, 6) is -13.9. The Morgan fingerprint density at radius 3 is 1.39 bits per heavy atom. The number of primary amides is 1. The number of hydrogen-bond donors (Lipinski definition) is 23. The van der Waals surface area contributed by atoms with Crippen molar-refractivity contribution in [3.05, 3.63) is 209 Å². The number of likely N-dealkylation sites (tertiary alicyclic amines) is 1. The number of aromatic amines is 2. The summed E-state index contributed by atoms with van der Waals surface area (Å²) in [7, 11) is 0. The molecule has 0 aliphatic carbocycles. The summed E-state index contributed by atoms with van der Waals surface area (Å²) < 4.78 is 0. The number of aliphatic hydroxyl groups excluding tert-OH is 1. The van der Waals surface area contributed by atoms with Gasteiger partial charge in [0.25, 0.3) is 5.91 Å². The number of benzene rings is 6. The number of para-hydroxylation sites is 1. The average Bonchev–Trinajstić information content (AvgIpc) is 1.77. The smallest absolute Gasteiger partial charge is 0.330 e. The third-order valence-electron chi connectivity index (χ3n) is 23.1. The first kappa shape index (κ1) is 103. The number of carbonyl (C=O) groups excluding carboxylic acids is 12. The van der Waals surface area contributed by atoms with E-state index in [0.717, 1.165) is 5.39 Å². The van der Waals surface area contributed by atoms with Crippen molar-refractivity contribution in [2.24, 2.45) is 17.2 Å². The van der Waals surface area contributed by atoms with Gasteiger partial charge in [-0.1, -0.05) is 146 Å². The zero-order chi connectivity index (χ0) is 97.7. The highest BCUT2D eigenvalue weighted by Crippen LogP contribution is 2.25. The number of hydrazine groups is 1. The number of nitrogens with two attached hydrogens (primary N) is 3. The van der Waals surface area contributed by atoms with Gasteiger partial charge in [-0.25, -0.2) is 15.2 Å². The summed E-state index contributed by atoms with van der Waals surface area (Å²) in [5, 5.41) is 85.7. The highest BCUT2D eigenvalue weighted by molar-refractivity contribution is 6.09. The van der Waals surface area contributed by atoms with Crippen molar-refractivity contribution >= 4 is 122 Å². The maximum Gasteiger partial charge on any atom is 0.330 e. The quantitative estimate of drug-likeness (QED) is 0.00609. The van der Waals surface area contributed by atoms with Crippen LogP contribution in [-0.2, 0) is 94.4 Å². The summed E-state index contributed by atoms with van der Waals surface area (Å²) in [6, 6.07) is 27.5. The number of ketones is 1. The molecule has 1 unspecified atom stereocenters. The number of carboxylic acids is 3. The van der Waals surface area contributed by atoms with Crippen LogP contribution in [0.25, 0.3) is 21.7 Å². The first-order chi connectivity index (χ1) is 65.3. The lowest BCUT2D eigenvalue weighted by atomic mass is 9.97. The standard InChI is InChI=1S/C92H117N25O19/c93-90(94)99-32-12-25-67(104-84(130)70(45-61-21-11-20-58-17-7-8-22-64(58)61)103-76(119)50-113-35-37-114(51-77(120)121)39-41-116(53-79(124)125)42-40-115(38-36-113)52-78(122)123)81(127)106-69(43-56-15-3-1-4-16-56)83(129)110-74(54-118)87(133)108-72(47-63-49-98-55-102-63)86(132)105-68(26-13-33-100-91(95)96)82(128)107-71(46-62-48-101-66-24-10-9-23-65(62)66)85(131)109-73(89(135)117-34-14-27-75(117)88(134)111-112-92(97)136)44-57-28-30-60(31-29-57)80(126)59-18-5-2-6-19-59/h1-11,15-24,28-31,48-49,55,67-75,101,118H,12-14,25-27,32-47,50-54H2,(H,98,102)(H,103,119)(H,104,130)(H,105,132)(H,106,127)(H,107,128)(H,108,133)(H,109,131)(H,110,129)(H,111,134)(H,120,121)(H,122,123)(H,124,125)(H4,93,94,99)(H4,95,96,100)(H3,97,112,136)/t67-,68+,69-,70?,71-,72-,73-,74-,75-/m0/s1. The van der Waals surface area contributed by atoms with Gasteiger partial charge in [-0.2, -0.15) is 0 Å². The number of rotatable bonds is 46. The molecule has 9 atom stereocenters. The largest absolute Gasteiger partial charge is 0.480 e. The second-order valence-electron chi connectivity index (χ2n) is 33.1. The molecule has 4 heterocycles. The fourth-order valence-electron chi connectivity index (χ4n) is 16.1. The molecular weight excluding hydrogens is 1760 g/mol. The van der Waals surface area contributed by atoms with E-state index < -0.39 is 189 Å². The maximum absolute atomic E-state index is 15.5. The van der Waals surface area contributed by atoms with Crippen molar-refractivity contribution < 1.29 is 92.3 Å². The highest BCUT2D eigenvalue weighted by Gasteiger charge is 2.41. The van der Waals surface area contributed by atoms with E-state index >= 15 is 33.6 Å². The fraction of sp³-hybridized carbons (Fsp3) is 0.391. The lowest BCUT2D eigenvalue weighted by Crippen LogP contribution is -2.62. The molecule has 2 saturated heterocycles. The van der Waals surface area contributed by atoms with Gasteiger partial charge in [0.2, 0.25) is 53.2 Å². The van der Waals surface area contributed by atoms with Gasteiger partial charge in [-0.05, 0) is 77.6 Å². The van der Waals surface area contributed by atoms with Gasteiger partial charge in [-0.3, -0.25) is 103 Å². The van der Waals surface area contributed by atoms with Crippen molar-refractivity contribution in [3.8, 4) is 0 Å². The number of aliphatic carboxylic acids is 3. The topological polar surface area (TPSA) is 668 Å². The number of fused-ring (bicyclic) bond motifs is 2. The van der Waals surface area contributed by atoms with Gasteiger partial charge in [-0.15, -0.1) is 0 Å². The van der Waals surface area contributed by atoms with Crippen molar-refractivity contribution in [1.29, 1.82) is 10.8 Å². The zero-order valence-corrected chi connectivity index (χ0v) is 74.8. The monoisotopic (exact) mass is 1880 g/mol. The van der Waals surface area contributed by atoms with Crippen LogP contribution in [-0.4, -0.2) is 320 Å². The van der Waals surface area contributed by atoms with Crippen LogP contribution in [0.3, 0.4) is 0 Å². The summed E-state index contributed by atoms with van der Waals surface area (Å²) in [6.07, 6.45) is 2.95. The van der Waals surface area contributed by atoms with Gasteiger partial charge >= 0.3 is 23.9 Å². The molecule has 2 aliphatic heterocycles. The summed E-state index contributed by atoms with van der Waals surface area (Å²) in [6.45, 7) is -2.20. The molecule has 6 aromatic carbocycles. The fourth-order valence-corrected chi connectivity index (χ4v) is 16.1. The van der Waals surface area contributed by atoms with E-state index in [4.69, 9.17) is 28.0 Å². The van der Waals surface area contributed by atoms with Crippen molar-refractivity contribution in [3.63, 3.8) is 0 Å². The van der Waals surface area contributed by atoms with Crippen LogP contribution in [0.1, 0.15) is 82.4 Å². The SMILES string of the molecule is N=C(N)NCCC[C@H](NC(=O)C(Cc1cccc2ccccc12)NC(=O)CN1CCN(CC(=O)O)CCN(CC(=O)O)CCN(CC(=O)O)CC1)C(=O)N[C@@H](Cc1ccccc1)C(=O)N[C@@H](CO)C(=O)N[C@@H](Cc1cnc[nH]1)C(=O)N[C@H](CCCNC(=N)N)C(=O)N[C@@H](Cc1c[nH]c2ccccc12)C(=O)N[C@@H](Cc1ccc(C(=O)c2ccccc2)cc1)C(=O)N1CCC[C@H]1C(=O)NNC(N)=O. The summed E-state index contributed by atoms with van der Waals surface area (Å²) in [5.41, 5.74) is 24.5. The molecule has 26 N–H and O–H groups in total. The number of aromatic nitrogens is 3. The lowest BCUT2D eigenvalue weighted by Gasteiger charge is -2.33. The van der Waals surface area contributed by atoms with Gasteiger partial charge < -0.3 is 106 Å². The molecule has 2 aromatic heterocycles. The Kier molecular flexibility index (Phi) is 39.1. The predicted octanol–water partition coefficient (Wildman–Crippen LogP) is -2.65. The van der Waals surface area contributed by atoms with E-state index in [0.29, 0.717) is 56.1 Å². The van der Waals surface area contributed by atoms with E-state index in [-0.39, 0.29) is 141 Å². The number of urea groups is 1. The molecule has 0 spiro atoms. The molecule has 12 amide bonds. The number of nitrogens with zero attached hydrogens (tertiary/aromatic N) is 6. The highest BCUT2D eigenvalue weighted by atomic mass is 16.4. The zero-order valence-electron chi connectivity index (χ0n) is 74.8. The molecule has 8 aromatic rings. The second kappa shape index (κ2) is 51.7. The van der Waals surface area contributed by atoms with E-state index in [2.05, 4.69) is 73.5 Å². The van der Waals surface area contributed by atoms with Crippen LogP contribution in [0, 0.1) is 10.8 Å². The Labute approximate surface area is 781 Å². The Morgan fingerprint density at radius 1 is 0.426 bits per heavy atom. The molecule has 0 bridgehead atoms. The van der Waals surface area contributed by atoms with Crippen LogP contribution >= 0.6 is 0 Å². The second-order valence-corrected chi connectivity index (χ2v) is 33.1. The number of imidazole rings is 1. The molecule has 0 radical (unpaired) electrons. The van der Waals surface area contributed by atoms with E-state index in [1.807, 2.05) is 29.7 Å². The summed E-state index contributed by atoms with van der Waals surface area (Å²) >= 11 is 0. The molecule has 2 fully saturated rings. The minimum atomic E-state index is -1.93. The van der Waals surface area contributed by atoms with E-state index in [1.54, 1.807) is 153 Å². The number of carbonyl (C=O) groups is 15. The molecular formula is C92H117N25O19. The first-order valence-electron chi connectivity index (χ1n) is 44.4. The minimum Gasteiger partial charge on any atom is -0.480 e. The van der Waals surface area contributed by atoms with E-state index in [9.17, 15) is 58.8 Å². The van der Waals surface area contributed by atoms with Crippen molar-refractivity contribution in [1.82, 2.24) is 103 Å². The molecule has 724 valence electrons. The number of hydrogen-bond acceptors (Lipinski definition) is 23. The molecule has 0 saturated carbocycles. The van der Waals surface area contributed by atoms with Crippen LogP contribution in [0.15, 0.2) is 170 Å². The van der Waals surface area contributed by atoms with Gasteiger partial charge in [0.1, 0.15) is 54.4 Å². The number of guanidine groups is 2. The third kappa shape index (κ3) is 32.3. The van der Waals surface area contributed by atoms with Gasteiger partial charge in [0.15, 0.2) is 17.7 Å². The molecule has 136 heavy (non-hydrogen) atoms. The molecule has 10 rings (SSSR count). The molecule has 44 heteroatoms. The number of H-pyrrole nitrogens is 2. The van der Waals surface area contributed by atoms with Gasteiger partial charge in [0, 0.05) is 144 Å². The number of aliphatic hydroxyl groups is 1. The minimum absolute atomic E-state index is 0.00700. The summed E-state index contributed by atoms with van der Waals surface area (Å²) in [4.78, 5) is 230. The number of amides is 12. The third-order valence-corrected chi connectivity index (χ3v) is 23.1. The van der Waals surface area contributed by atoms with Crippen LogP contribution in [0.4, 0.5) is 4.79 Å². The number of nitrogens with one attached hydrogen (secondary N) is 16. The number of carboxylic acid groups (broad SMARTS) is 3.